The van der Waals surface area contributed by atoms with E-state index in [0.29, 0.717) is 30.0 Å². The van der Waals surface area contributed by atoms with Crippen molar-refractivity contribution < 1.29 is 22.8 Å². The molecule has 2 aromatic carbocycles. The van der Waals surface area contributed by atoms with Crippen LogP contribution in [-0.4, -0.2) is 52.4 Å². The maximum atomic E-state index is 13.3. The second-order valence-electron chi connectivity index (χ2n) is 7.24. The van der Waals surface area contributed by atoms with Crippen molar-refractivity contribution in [2.45, 2.75) is 22.5 Å². The van der Waals surface area contributed by atoms with Crippen molar-refractivity contribution in [2.24, 2.45) is 0 Å². The van der Waals surface area contributed by atoms with Crippen molar-refractivity contribution in [1.82, 2.24) is 25.8 Å². The van der Waals surface area contributed by atoms with Crippen LogP contribution in [0.4, 0.5) is 4.39 Å². The van der Waals surface area contributed by atoms with E-state index in [1.807, 2.05) is 0 Å². The summed E-state index contributed by atoms with van der Waals surface area (Å²) >= 11 is 0. The molecule has 9 nitrogen and oxygen atoms in total. The molecule has 1 amide bonds. The number of nitrogens with one attached hydrogen (secondary N) is 2. The SMILES string of the molecule is Cl.O=C(NO)C1(S(=O)(=O)c2ccc(-n3cc(-c4ccc(F)cc4)nn3)cc2)CCNCC1. The zero-order chi connectivity index (χ0) is 22.1. The Bertz CT molecular complexity index is 1190. The highest BCUT2D eigenvalue weighted by atomic mass is 35.5. The van der Waals surface area contributed by atoms with E-state index in [1.54, 1.807) is 30.5 Å². The van der Waals surface area contributed by atoms with Gasteiger partial charge in [0.2, 0.25) is 0 Å². The third kappa shape index (κ3) is 4.11. The molecular formula is C20H21ClFN5O4S. The molecule has 0 bridgehead atoms. The summed E-state index contributed by atoms with van der Waals surface area (Å²) in [5, 5.41) is 20.3. The monoisotopic (exact) mass is 481 g/mol. The highest BCUT2D eigenvalue weighted by molar-refractivity contribution is 7.93. The molecule has 1 aliphatic rings. The fourth-order valence-electron chi connectivity index (χ4n) is 3.70. The van der Waals surface area contributed by atoms with Gasteiger partial charge in [0.05, 0.1) is 16.8 Å². The van der Waals surface area contributed by atoms with Crippen molar-refractivity contribution in [3.8, 4) is 16.9 Å². The minimum atomic E-state index is -4.07. The predicted octanol–water partition coefficient (Wildman–Crippen LogP) is 1.90. The number of nitrogens with zero attached hydrogens (tertiary/aromatic N) is 3. The molecule has 1 fully saturated rings. The molecule has 0 aliphatic carbocycles. The summed E-state index contributed by atoms with van der Waals surface area (Å²) in [5.74, 6) is -1.28. The van der Waals surface area contributed by atoms with E-state index < -0.39 is 20.5 Å². The predicted molar refractivity (Wildman–Crippen MR) is 116 cm³/mol. The molecule has 32 heavy (non-hydrogen) atoms. The Hall–Kier alpha value is -2.86. The van der Waals surface area contributed by atoms with E-state index in [2.05, 4.69) is 15.6 Å². The minimum Gasteiger partial charge on any atom is -0.317 e. The fraction of sp³-hybridized carbons (Fsp3) is 0.250. The number of amides is 1. The zero-order valence-electron chi connectivity index (χ0n) is 16.7. The topological polar surface area (TPSA) is 126 Å². The van der Waals surface area contributed by atoms with Gasteiger partial charge in [-0.3, -0.25) is 10.0 Å². The molecule has 0 spiro atoms. The van der Waals surface area contributed by atoms with E-state index in [1.165, 1.54) is 34.4 Å². The summed E-state index contributed by atoms with van der Waals surface area (Å²) in [5.41, 5.74) is 3.30. The van der Waals surface area contributed by atoms with Crippen LogP contribution in [-0.2, 0) is 14.6 Å². The van der Waals surface area contributed by atoms with Crippen LogP contribution in [0, 0.1) is 5.82 Å². The Morgan fingerprint density at radius 3 is 2.31 bits per heavy atom. The maximum Gasteiger partial charge on any atom is 0.265 e. The van der Waals surface area contributed by atoms with Gasteiger partial charge in [-0.25, -0.2) is 23.0 Å². The number of hydrogen-bond acceptors (Lipinski definition) is 7. The molecule has 0 radical (unpaired) electrons. The third-order valence-electron chi connectivity index (χ3n) is 5.49. The molecule has 0 unspecified atom stereocenters. The summed E-state index contributed by atoms with van der Waals surface area (Å²) in [7, 11) is -4.07. The van der Waals surface area contributed by atoms with Gasteiger partial charge in [0.15, 0.2) is 14.6 Å². The number of rotatable bonds is 5. The largest absolute Gasteiger partial charge is 0.317 e. The minimum absolute atomic E-state index is 0. The van der Waals surface area contributed by atoms with Gasteiger partial charge in [0, 0.05) is 5.56 Å². The number of aromatic nitrogens is 3. The molecule has 3 N–H and O–H groups in total. The zero-order valence-corrected chi connectivity index (χ0v) is 18.4. The second-order valence-corrected chi connectivity index (χ2v) is 9.50. The summed E-state index contributed by atoms with van der Waals surface area (Å²) in [6.07, 6.45) is 1.74. The highest BCUT2D eigenvalue weighted by Gasteiger charge is 2.51. The first kappa shape index (κ1) is 23.8. The number of hydroxylamine groups is 1. The Morgan fingerprint density at radius 1 is 1.09 bits per heavy atom. The summed E-state index contributed by atoms with van der Waals surface area (Å²) in [6.45, 7) is 0.686. The van der Waals surface area contributed by atoms with Crippen molar-refractivity contribution in [1.29, 1.82) is 0 Å². The van der Waals surface area contributed by atoms with Crippen LogP contribution in [0.15, 0.2) is 59.6 Å². The van der Waals surface area contributed by atoms with Gasteiger partial charge in [-0.15, -0.1) is 17.5 Å². The fourth-order valence-corrected chi connectivity index (χ4v) is 5.67. The number of hydrogen-bond donors (Lipinski definition) is 3. The summed E-state index contributed by atoms with van der Waals surface area (Å²) in [6, 6.07) is 11.7. The van der Waals surface area contributed by atoms with Crippen LogP contribution in [0.3, 0.4) is 0 Å². The third-order valence-corrected chi connectivity index (χ3v) is 8.00. The van der Waals surface area contributed by atoms with E-state index in [-0.39, 0.29) is 36.0 Å². The van der Waals surface area contributed by atoms with Crippen LogP contribution in [0.1, 0.15) is 12.8 Å². The van der Waals surface area contributed by atoms with Gasteiger partial charge in [-0.05, 0) is 74.5 Å². The number of sulfone groups is 1. The highest BCUT2D eigenvalue weighted by Crippen LogP contribution is 2.34. The molecular weight excluding hydrogens is 461 g/mol. The Labute approximate surface area is 189 Å². The second kappa shape index (κ2) is 9.33. The number of carbonyl (C=O) groups excluding carboxylic acids is 1. The smallest absolute Gasteiger partial charge is 0.265 e. The average Bonchev–Trinajstić information content (AvgIpc) is 3.29. The van der Waals surface area contributed by atoms with Gasteiger partial charge in [0.25, 0.3) is 5.91 Å². The van der Waals surface area contributed by atoms with E-state index in [4.69, 9.17) is 5.21 Å². The Balaban J connectivity index is 0.00000289. The summed E-state index contributed by atoms with van der Waals surface area (Å²) in [4.78, 5) is 12.3. The molecule has 170 valence electrons. The lowest BCUT2D eigenvalue weighted by Crippen LogP contribution is -2.57. The lowest BCUT2D eigenvalue weighted by molar-refractivity contribution is -0.132. The molecule has 4 rings (SSSR count). The first-order chi connectivity index (χ1) is 14.9. The van der Waals surface area contributed by atoms with Crippen LogP contribution >= 0.6 is 12.4 Å². The lowest BCUT2D eigenvalue weighted by atomic mass is 9.96. The average molecular weight is 482 g/mol. The van der Waals surface area contributed by atoms with E-state index in [9.17, 15) is 17.6 Å². The standard InChI is InChI=1S/C20H20FN5O4S.ClH/c21-15-3-1-14(2-4-15)18-13-26(25-23-18)16-5-7-17(8-6-16)31(29,30)20(19(27)24-28)9-11-22-12-10-20;/h1-8,13,22,28H,9-12H2,(H,24,27);1H. The van der Waals surface area contributed by atoms with E-state index in [0.717, 1.165) is 0 Å². The van der Waals surface area contributed by atoms with Gasteiger partial charge >= 0.3 is 0 Å². The van der Waals surface area contributed by atoms with Crippen molar-refractivity contribution in [3.63, 3.8) is 0 Å². The lowest BCUT2D eigenvalue weighted by Gasteiger charge is -2.34. The Kier molecular flexibility index (Phi) is 6.94. The first-order valence-corrected chi connectivity index (χ1v) is 11.0. The van der Waals surface area contributed by atoms with E-state index >= 15 is 0 Å². The maximum absolute atomic E-state index is 13.3. The van der Waals surface area contributed by atoms with Crippen molar-refractivity contribution in [3.05, 3.63) is 60.5 Å². The molecule has 1 aromatic heterocycles. The first-order valence-electron chi connectivity index (χ1n) is 9.56. The van der Waals surface area contributed by atoms with Crippen molar-refractivity contribution >= 4 is 28.2 Å². The molecule has 12 heteroatoms. The molecule has 0 saturated carbocycles. The van der Waals surface area contributed by atoms with Gasteiger partial charge in [-0.2, -0.15) is 0 Å². The number of halogens is 2. The molecule has 0 atom stereocenters. The van der Waals surface area contributed by atoms with Crippen LogP contribution in [0.2, 0.25) is 0 Å². The molecule has 1 saturated heterocycles. The number of carbonyl (C=O) groups is 1. The normalized spacial score (nSPS) is 15.6. The van der Waals surface area contributed by atoms with Crippen LogP contribution in [0.5, 0.6) is 0 Å². The summed E-state index contributed by atoms with van der Waals surface area (Å²) < 4.78 is 39.5. The van der Waals surface area contributed by atoms with Crippen LogP contribution < -0.4 is 10.8 Å². The number of piperidine rings is 1. The van der Waals surface area contributed by atoms with Crippen molar-refractivity contribution in [2.75, 3.05) is 13.1 Å². The molecule has 3 aromatic rings. The molecule has 2 heterocycles. The van der Waals surface area contributed by atoms with Crippen LogP contribution in [0.25, 0.3) is 16.9 Å². The number of benzene rings is 2. The quantitative estimate of drug-likeness (QED) is 0.375. The van der Waals surface area contributed by atoms with Gasteiger partial charge < -0.3 is 5.32 Å². The van der Waals surface area contributed by atoms with Gasteiger partial charge in [0.1, 0.15) is 11.5 Å². The van der Waals surface area contributed by atoms with Gasteiger partial charge in [-0.1, -0.05) is 5.21 Å². The molecule has 1 aliphatic heterocycles. The Morgan fingerprint density at radius 2 is 1.72 bits per heavy atom.